The quantitative estimate of drug-likeness (QED) is 0.492. The van der Waals surface area contributed by atoms with E-state index in [1.807, 2.05) is 18.2 Å². The molecule has 5 rings (SSSR count). The smallest absolute Gasteiger partial charge is 0.261 e. The Kier molecular flexibility index (Phi) is 3.91. The number of pyridine rings is 1. The summed E-state index contributed by atoms with van der Waals surface area (Å²) in [6.07, 6.45) is 9.90. The number of carbonyl (C=O) groups excluding carboxylic acids is 1. The van der Waals surface area contributed by atoms with Crippen molar-refractivity contribution in [2.75, 3.05) is 12.4 Å². The van der Waals surface area contributed by atoms with Crippen molar-refractivity contribution in [3.63, 3.8) is 0 Å². The summed E-state index contributed by atoms with van der Waals surface area (Å²) in [7, 11) is 1.60. The number of anilines is 1. The van der Waals surface area contributed by atoms with Crippen molar-refractivity contribution in [3.8, 4) is 17.0 Å². The summed E-state index contributed by atoms with van der Waals surface area (Å²) in [6.45, 7) is 0. The number of nitrogens with one attached hydrogen (secondary N) is 2. The van der Waals surface area contributed by atoms with E-state index < -0.39 is 0 Å². The lowest BCUT2D eigenvalue weighted by Crippen LogP contribution is -2.12. The number of carbonyl (C=O) groups is 1. The number of hydrogen-bond donors (Lipinski definition) is 2. The van der Waals surface area contributed by atoms with E-state index >= 15 is 0 Å². The van der Waals surface area contributed by atoms with Gasteiger partial charge in [-0.05, 0) is 29.7 Å². The largest absolute Gasteiger partial charge is 0.496 e. The molecule has 29 heavy (non-hydrogen) atoms. The van der Waals surface area contributed by atoms with E-state index in [1.54, 1.807) is 48.7 Å². The number of fused-ring (bicyclic) bond motifs is 2. The first-order chi connectivity index (χ1) is 14.2. The minimum atomic E-state index is -0.328. The maximum Gasteiger partial charge on any atom is 0.261 e. The third-order valence-corrected chi connectivity index (χ3v) is 4.64. The second-order valence-corrected chi connectivity index (χ2v) is 6.33. The van der Waals surface area contributed by atoms with Gasteiger partial charge >= 0.3 is 0 Å². The van der Waals surface area contributed by atoms with Gasteiger partial charge in [-0.25, -0.2) is 9.50 Å². The predicted molar refractivity (Wildman–Crippen MR) is 107 cm³/mol. The number of aromatic amines is 1. The Bertz CT molecular complexity index is 1360. The molecular weight excluding hydrogens is 370 g/mol. The van der Waals surface area contributed by atoms with Crippen LogP contribution in [0.15, 0.2) is 61.4 Å². The molecule has 4 aromatic heterocycles. The van der Waals surface area contributed by atoms with Gasteiger partial charge in [0.15, 0.2) is 5.65 Å². The lowest BCUT2D eigenvalue weighted by Gasteiger charge is -2.11. The first-order valence-corrected chi connectivity index (χ1v) is 8.80. The molecule has 4 heterocycles. The van der Waals surface area contributed by atoms with Gasteiger partial charge in [0.05, 0.1) is 30.9 Å². The van der Waals surface area contributed by atoms with Crippen molar-refractivity contribution >= 4 is 28.0 Å². The molecule has 1 amide bonds. The highest BCUT2D eigenvalue weighted by Gasteiger charge is 2.19. The predicted octanol–water partition coefficient (Wildman–Crippen LogP) is 2.93. The summed E-state index contributed by atoms with van der Waals surface area (Å²) in [5.74, 6) is 0.313. The minimum absolute atomic E-state index is 0.328. The van der Waals surface area contributed by atoms with Gasteiger partial charge in [0.25, 0.3) is 5.91 Å². The van der Waals surface area contributed by atoms with Gasteiger partial charge in [0.2, 0.25) is 0 Å². The fourth-order valence-electron chi connectivity index (χ4n) is 3.24. The highest BCUT2D eigenvalue weighted by Crippen LogP contribution is 2.36. The Morgan fingerprint density at radius 3 is 3.00 bits per heavy atom. The lowest BCUT2D eigenvalue weighted by molar-refractivity contribution is 0.102. The van der Waals surface area contributed by atoms with Gasteiger partial charge in [-0.3, -0.25) is 14.9 Å². The highest BCUT2D eigenvalue weighted by molar-refractivity contribution is 6.09. The summed E-state index contributed by atoms with van der Waals surface area (Å²) >= 11 is 0. The Labute approximate surface area is 164 Å². The lowest BCUT2D eigenvalue weighted by atomic mass is 10.0. The molecule has 0 aliphatic heterocycles. The number of methoxy groups -OCH3 is 1. The first-order valence-electron chi connectivity index (χ1n) is 8.80. The number of benzene rings is 1. The first kappa shape index (κ1) is 16.9. The molecule has 0 aliphatic carbocycles. The molecule has 0 atom stereocenters. The van der Waals surface area contributed by atoms with Crippen molar-refractivity contribution in [3.05, 3.63) is 67.0 Å². The third-order valence-electron chi connectivity index (χ3n) is 4.64. The normalized spacial score (nSPS) is 11.1. The van der Waals surface area contributed by atoms with Gasteiger partial charge < -0.3 is 10.1 Å². The van der Waals surface area contributed by atoms with Crippen molar-refractivity contribution < 1.29 is 9.53 Å². The average molecular weight is 385 g/mol. The van der Waals surface area contributed by atoms with Crippen LogP contribution in [-0.2, 0) is 0 Å². The number of aromatic nitrogens is 6. The molecular formula is C20H15N7O2. The Balaban J connectivity index is 1.55. The van der Waals surface area contributed by atoms with Crippen LogP contribution in [0.5, 0.6) is 5.75 Å². The second-order valence-electron chi connectivity index (χ2n) is 6.33. The van der Waals surface area contributed by atoms with Gasteiger partial charge in [-0.2, -0.15) is 10.2 Å². The molecule has 0 unspecified atom stereocenters. The molecule has 5 aromatic rings. The summed E-state index contributed by atoms with van der Waals surface area (Å²) in [4.78, 5) is 21.2. The molecule has 9 nitrogen and oxygen atoms in total. The van der Waals surface area contributed by atoms with Crippen molar-refractivity contribution in [2.45, 2.75) is 0 Å². The SMILES string of the molecule is COc1cc2cnccc2cc1-c1[nH]ncc1NC(=O)c1cnn2cccnc12. The molecule has 1 aromatic carbocycles. The summed E-state index contributed by atoms with van der Waals surface area (Å²) in [5.41, 5.74) is 2.78. The Hall–Kier alpha value is -4.27. The van der Waals surface area contributed by atoms with Crippen LogP contribution in [-0.4, -0.2) is 42.8 Å². The maximum atomic E-state index is 12.9. The Morgan fingerprint density at radius 1 is 1.17 bits per heavy atom. The van der Waals surface area contributed by atoms with Crippen LogP contribution in [0.25, 0.3) is 27.7 Å². The number of ether oxygens (including phenoxy) is 1. The van der Waals surface area contributed by atoms with Gasteiger partial charge in [0.1, 0.15) is 11.3 Å². The van der Waals surface area contributed by atoms with E-state index in [0.29, 0.717) is 28.3 Å². The zero-order valence-electron chi connectivity index (χ0n) is 15.3. The molecule has 0 aliphatic rings. The van der Waals surface area contributed by atoms with Gasteiger partial charge in [-0.1, -0.05) is 0 Å². The number of rotatable bonds is 4. The van der Waals surface area contributed by atoms with Crippen LogP contribution in [0.3, 0.4) is 0 Å². The van der Waals surface area contributed by atoms with E-state index in [1.165, 1.54) is 6.20 Å². The van der Waals surface area contributed by atoms with Gasteiger partial charge in [-0.15, -0.1) is 0 Å². The van der Waals surface area contributed by atoms with E-state index in [9.17, 15) is 4.79 Å². The number of H-pyrrole nitrogens is 1. The number of nitrogens with zero attached hydrogens (tertiary/aromatic N) is 5. The number of amides is 1. The Morgan fingerprint density at radius 2 is 2.10 bits per heavy atom. The zero-order valence-corrected chi connectivity index (χ0v) is 15.3. The molecule has 0 radical (unpaired) electrons. The molecule has 142 valence electrons. The molecule has 0 saturated carbocycles. The topological polar surface area (TPSA) is 110 Å². The summed E-state index contributed by atoms with van der Waals surface area (Å²) in [6, 6.07) is 7.53. The van der Waals surface area contributed by atoms with E-state index in [0.717, 1.165) is 16.3 Å². The fraction of sp³-hybridized carbons (Fsp3) is 0.0500. The minimum Gasteiger partial charge on any atom is -0.496 e. The molecule has 0 bridgehead atoms. The molecule has 0 fully saturated rings. The van der Waals surface area contributed by atoms with Crippen LogP contribution >= 0.6 is 0 Å². The summed E-state index contributed by atoms with van der Waals surface area (Å²) < 4.78 is 7.10. The second kappa shape index (κ2) is 6.71. The summed E-state index contributed by atoms with van der Waals surface area (Å²) in [5, 5.41) is 16.1. The average Bonchev–Trinajstić information content (AvgIpc) is 3.39. The molecule has 0 saturated heterocycles. The van der Waals surface area contributed by atoms with Crippen molar-refractivity contribution in [1.29, 1.82) is 0 Å². The molecule has 0 spiro atoms. The fourth-order valence-corrected chi connectivity index (χ4v) is 3.24. The zero-order chi connectivity index (χ0) is 19.8. The third kappa shape index (κ3) is 2.85. The molecule has 2 N–H and O–H groups in total. The van der Waals surface area contributed by atoms with Crippen LogP contribution < -0.4 is 10.1 Å². The van der Waals surface area contributed by atoms with Gasteiger partial charge in [0, 0.05) is 35.7 Å². The monoisotopic (exact) mass is 385 g/mol. The van der Waals surface area contributed by atoms with Crippen LogP contribution in [0.4, 0.5) is 5.69 Å². The van der Waals surface area contributed by atoms with Crippen molar-refractivity contribution in [1.82, 2.24) is 29.8 Å². The number of hydrogen-bond acceptors (Lipinski definition) is 6. The highest BCUT2D eigenvalue weighted by atomic mass is 16.5. The van der Waals surface area contributed by atoms with Crippen LogP contribution in [0, 0.1) is 0 Å². The van der Waals surface area contributed by atoms with Crippen LogP contribution in [0.1, 0.15) is 10.4 Å². The van der Waals surface area contributed by atoms with E-state index in [2.05, 4.69) is 30.6 Å². The maximum absolute atomic E-state index is 12.9. The van der Waals surface area contributed by atoms with E-state index in [-0.39, 0.29) is 5.91 Å². The van der Waals surface area contributed by atoms with Crippen molar-refractivity contribution in [2.24, 2.45) is 0 Å². The standard InChI is InChI=1S/C20H15N7O2/c1-29-17-8-13-9-21-5-3-12(13)7-14(17)18-16(11-23-26-18)25-20(28)15-10-24-27-6-2-4-22-19(15)27/h2-11H,1H3,(H,23,26)(H,25,28). The van der Waals surface area contributed by atoms with Crippen LogP contribution in [0.2, 0.25) is 0 Å². The van der Waals surface area contributed by atoms with E-state index in [4.69, 9.17) is 4.74 Å². The molecule has 9 heteroatoms.